The van der Waals surface area contributed by atoms with Crippen LogP contribution < -0.4 is 10.1 Å². The van der Waals surface area contributed by atoms with Crippen molar-refractivity contribution in [3.05, 3.63) is 29.8 Å². The van der Waals surface area contributed by atoms with Crippen molar-refractivity contribution in [2.75, 3.05) is 18.9 Å². The molecule has 0 aliphatic carbocycles. The molecule has 0 fully saturated rings. The van der Waals surface area contributed by atoms with Gasteiger partial charge in [-0.3, -0.25) is 0 Å². The first-order chi connectivity index (χ1) is 9.81. The van der Waals surface area contributed by atoms with Crippen molar-refractivity contribution in [1.29, 1.82) is 0 Å². The van der Waals surface area contributed by atoms with Crippen LogP contribution >= 0.6 is 0 Å². The van der Waals surface area contributed by atoms with Gasteiger partial charge >= 0.3 is 0 Å². The standard InChI is InChI=1S/C16H27NO3S/c1-13(2)11-17-12-15-6-5-7-16(10-15)20-8-9-21(18,19)14(3)4/h5-7,10,13-14,17H,8-9,11-12H2,1-4H3. The highest BCUT2D eigenvalue weighted by atomic mass is 32.2. The van der Waals surface area contributed by atoms with Crippen LogP contribution in [0.2, 0.25) is 0 Å². The van der Waals surface area contributed by atoms with Crippen molar-refractivity contribution in [1.82, 2.24) is 5.32 Å². The lowest BCUT2D eigenvalue weighted by molar-refractivity contribution is 0.340. The normalized spacial score (nSPS) is 12.1. The van der Waals surface area contributed by atoms with E-state index in [4.69, 9.17) is 4.74 Å². The Labute approximate surface area is 128 Å². The van der Waals surface area contributed by atoms with Crippen LogP contribution in [0, 0.1) is 5.92 Å². The van der Waals surface area contributed by atoms with Gasteiger partial charge in [-0.2, -0.15) is 0 Å². The summed E-state index contributed by atoms with van der Waals surface area (Å²) < 4.78 is 29.0. The Bertz CT molecular complexity index is 524. The van der Waals surface area contributed by atoms with Gasteiger partial charge in [0, 0.05) is 6.54 Å². The summed E-state index contributed by atoms with van der Waals surface area (Å²) in [4.78, 5) is 0. The molecule has 0 saturated heterocycles. The van der Waals surface area contributed by atoms with Gasteiger partial charge in [-0.15, -0.1) is 0 Å². The van der Waals surface area contributed by atoms with Crippen LogP contribution in [-0.4, -0.2) is 32.6 Å². The molecule has 4 nitrogen and oxygen atoms in total. The van der Waals surface area contributed by atoms with Crippen molar-refractivity contribution in [2.45, 2.75) is 39.5 Å². The molecule has 0 bridgehead atoms. The van der Waals surface area contributed by atoms with Gasteiger partial charge in [0.15, 0.2) is 9.84 Å². The highest BCUT2D eigenvalue weighted by Gasteiger charge is 2.15. The summed E-state index contributed by atoms with van der Waals surface area (Å²) in [6.07, 6.45) is 0. The molecule has 0 spiro atoms. The molecule has 1 N–H and O–H groups in total. The maximum Gasteiger partial charge on any atom is 0.155 e. The molecular formula is C16H27NO3S. The highest BCUT2D eigenvalue weighted by molar-refractivity contribution is 7.91. The Kier molecular flexibility index (Phi) is 7.18. The van der Waals surface area contributed by atoms with Crippen molar-refractivity contribution < 1.29 is 13.2 Å². The van der Waals surface area contributed by atoms with Gasteiger partial charge in [0.05, 0.1) is 11.0 Å². The molecule has 0 atom stereocenters. The van der Waals surface area contributed by atoms with E-state index in [0.29, 0.717) is 5.92 Å². The van der Waals surface area contributed by atoms with Gasteiger partial charge in [-0.25, -0.2) is 8.42 Å². The molecule has 0 saturated carbocycles. The van der Waals surface area contributed by atoms with Crippen molar-refractivity contribution in [3.63, 3.8) is 0 Å². The van der Waals surface area contributed by atoms with Gasteiger partial charge in [0.25, 0.3) is 0 Å². The van der Waals surface area contributed by atoms with Crippen molar-refractivity contribution in [2.24, 2.45) is 5.92 Å². The SMILES string of the molecule is CC(C)CNCc1cccc(OCCS(=O)(=O)C(C)C)c1. The predicted octanol–water partition coefficient (Wildman–Crippen LogP) is 2.63. The van der Waals surface area contributed by atoms with E-state index in [9.17, 15) is 8.42 Å². The van der Waals surface area contributed by atoms with Crippen LogP contribution in [0.3, 0.4) is 0 Å². The molecule has 21 heavy (non-hydrogen) atoms. The zero-order valence-electron chi connectivity index (χ0n) is 13.4. The molecule has 0 aliphatic rings. The topological polar surface area (TPSA) is 55.4 Å². The Morgan fingerprint density at radius 3 is 2.52 bits per heavy atom. The van der Waals surface area contributed by atoms with Crippen molar-refractivity contribution in [3.8, 4) is 5.75 Å². The van der Waals surface area contributed by atoms with E-state index in [1.54, 1.807) is 13.8 Å². The van der Waals surface area contributed by atoms with Crippen LogP contribution in [0.15, 0.2) is 24.3 Å². The third kappa shape index (κ3) is 6.96. The van der Waals surface area contributed by atoms with Gasteiger partial charge in [0.2, 0.25) is 0 Å². The molecule has 1 aromatic rings. The van der Waals surface area contributed by atoms with Gasteiger partial charge in [-0.1, -0.05) is 26.0 Å². The largest absolute Gasteiger partial charge is 0.493 e. The Hall–Kier alpha value is -1.07. The van der Waals surface area contributed by atoms with Crippen molar-refractivity contribution >= 4 is 9.84 Å². The summed E-state index contributed by atoms with van der Waals surface area (Å²) in [6, 6.07) is 7.77. The van der Waals surface area contributed by atoms with E-state index in [-0.39, 0.29) is 17.6 Å². The van der Waals surface area contributed by atoms with E-state index in [0.717, 1.165) is 24.4 Å². The second kappa shape index (κ2) is 8.39. The summed E-state index contributed by atoms with van der Waals surface area (Å²) >= 11 is 0. The van der Waals surface area contributed by atoms with E-state index in [1.807, 2.05) is 24.3 Å². The highest BCUT2D eigenvalue weighted by Crippen LogP contribution is 2.13. The van der Waals surface area contributed by atoms with E-state index in [2.05, 4.69) is 19.2 Å². The maximum atomic E-state index is 11.7. The average Bonchev–Trinajstić information content (AvgIpc) is 2.38. The second-order valence-electron chi connectivity index (χ2n) is 5.94. The third-order valence-corrected chi connectivity index (χ3v) is 5.31. The predicted molar refractivity (Wildman–Crippen MR) is 87.4 cm³/mol. The first kappa shape index (κ1) is 18.0. The number of hydrogen-bond acceptors (Lipinski definition) is 4. The molecule has 5 heteroatoms. The quantitative estimate of drug-likeness (QED) is 0.761. The molecule has 0 aromatic heterocycles. The first-order valence-corrected chi connectivity index (χ1v) is 9.17. The van der Waals surface area contributed by atoms with Crippen LogP contribution in [0.25, 0.3) is 0 Å². The number of nitrogens with one attached hydrogen (secondary N) is 1. The number of benzene rings is 1. The van der Waals surface area contributed by atoms with Crippen LogP contribution in [0.1, 0.15) is 33.3 Å². The summed E-state index contributed by atoms with van der Waals surface area (Å²) in [7, 11) is -3.04. The summed E-state index contributed by atoms with van der Waals surface area (Å²) in [5, 5.41) is 3.02. The second-order valence-corrected chi connectivity index (χ2v) is 8.61. The number of ether oxygens (including phenoxy) is 1. The zero-order valence-corrected chi connectivity index (χ0v) is 14.2. The molecule has 0 amide bonds. The Morgan fingerprint density at radius 2 is 1.90 bits per heavy atom. The monoisotopic (exact) mass is 313 g/mol. The minimum absolute atomic E-state index is 0.0560. The minimum Gasteiger partial charge on any atom is -0.493 e. The van der Waals surface area contributed by atoms with Gasteiger partial charge in [0.1, 0.15) is 12.4 Å². The van der Waals surface area contributed by atoms with Crippen LogP contribution in [0.5, 0.6) is 5.75 Å². The lowest BCUT2D eigenvalue weighted by atomic mass is 10.2. The number of sulfone groups is 1. The molecule has 0 aliphatic heterocycles. The molecule has 120 valence electrons. The smallest absolute Gasteiger partial charge is 0.155 e. The van der Waals surface area contributed by atoms with E-state index >= 15 is 0 Å². The molecule has 1 rings (SSSR count). The van der Waals surface area contributed by atoms with Crippen LogP contribution in [-0.2, 0) is 16.4 Å². The molecular weight excluding hydrogens is 286 g/mol. The van der Waals surface area contributed by atoms with Gasteiger partial charge < -0.3 is 10.1 Å². The lowest BCUT2D eigenvalue weighted by Crippen LogP contribution is -2.22. The number of rotatable bonds is 9. The average molecular weight is 313 g/mol. The van der Waals surface area contributed by atoms with Gasteiger partial charge in [-0.05, 0) is 44.0 Å². The molecule has 0 heterocycles. The zero-order chi connectivity index (χ0) is 15.9. The maximum absolute atomic E-state index is 11.7. The molecule has 0 unspecified atom stereocenters. The molecule has 0 radical (unpaired) electrons. The minimum atomic E-state index is -3.04. The Balaban J connectivity index is 2.46. The lowest BCUT2D eigenvalue weighted by Gasteiger charge is -2.11. The summed E-state index contributed by atoms with van der Waals surface area (Å²) in [5.74, 6) is 1.39. The fourth-order valence-electron chi connectivity index (χ4n) is 1.76. The third-order valence-electron chi connectivity index (χ3n) is 3.13. The first-order valence-electron chi connectivity index (χ1n) is 7.45. The van der Waals surface area contributed by atoms with Crippen LogP contribution in [0.4, 0.5) is 0 Å². The van der Waals surface area contributed by atoms with E-state index < -0.39 is 9.84 Å². The Morgan fingerprint density at radius 1 is 1.19 bits per heavy atom. The van der Waals surface area contributed by atoms with E-state index in [1.165, 1.54) is 0 Å². The summed E-state index contributed by atoms with van der Waals surface area (Å²) in [6.45, 7) is 9.68. The fraction of sp³-hybridized carbons (Fsp3) is 0.625. The summed E-state index contributed by atoms with van der Waals surface area (Å²) in [5.41, 5.74) is 1.14. The fourth-order valence-corrected chi connectivity index (χ4v) is 2.55. The number of hydrogen-bond donors (Lipinski definition) is 1. The molecule has 1 aromatic carbocycles.